The summed E-state index contributed by atoms with van der Waals surface area (Å²) < 4.78 is 1.67. The zero-order valence-electron chi connectivity index (χ0n) is 17.5. The van der Waals surface area contributed by atoms with E-state index in [-0.39, 0.29) is 24.0 Å². The molecular formula is C22H27N5O2. The van der Waals surface area contributed by atoms with E-state index in [0.29, 0.717) is 17.1 Å². The van der Waals surface area contributed by atoms with Gasteiger partial charge >= 0.3 is 0 Å². The summed E-state index contributed by atoms with van der Waals surface area (Å²) in [5.74, 6) is 0.445. The molecule has 7 nitrogen and oxygen atoms in total. The topological polar surface area (TPSA) is 92.9 Å². The van der Waals surface area contributed by atoms with Crippen LogP contribution in [-0.4, -0.2) is 43.9 Å². The Hall–Kier alpha value is -3.06. The molecule has 2 aromatic carbocycles. The zero-order valence-corrected chi connectivity index (χ0v) is 17.5. The lowest BCUT2D eigenvalue weighted by Crippen LogP contribution is -2.35. The number of aryl methyl sites for hydroxylation is 1. The first-order valence-electron chi connectivity index (χ1n) is 9.62. The monoisotopic (exact) mass is 393 g/mol. The number of amides is 1. The second kappa shape index (κ2) is 8.13. The van der Waals surface area contributed by atoms with Crippen molar-refractivity contribution in [2.24, 2.45) is 0 Å². The summed E-state index contributed by atoms with van der Waals surface area (Å²) in [6, 6.07) is 13.4. The van der Waals surface area contributed by atoms with Crippen LogP contribution >= 0.6 is 0 Å². The largest absolute Gasteiger partial charge is 0.394 e. The minimum atomic E-state index is -0.341. The number of carbonyl (C=O) groups excluding carboxylic acids is 1. The average molecular weight is 393 g/mol. The quantitative estimate of drug-likeness (QED) is 0.695. The molecule has 152 valence electrons. The van der Waals surface area contributed by atoms with Gasteiger partial charge in [-0.15, -0.1) is 5.10 Å². The molecule has 1 atom stereocenters. The molecule has 0 aliphatic carbocycles. The molecule has 29 heavy (non-hydrogen) atoms. The molecule has 7 heteroatoms. The molecular weight excluding hydrogens is 366 g/mol. The van der Waals surface area contributed by atoms with Gasteiger partial charge in [0.2, 0.25) is 0 Å². The van der Waals surface area contributed by atoms with Crippen LogP contribution < -0.4 is 5.32 Å². The summed E-state index contributed by atoms with van der Waals surface area (Å²) in [6.07, 6.45) is 0. The Balaban J connectivity index is 2.14. The first-order valence-corrected chi connectivity index (χ1v) is 9.62. The van der Waals surface area contributed by atoms with Gasteiger partial charge in [-0.05, 0) is 53.6 Å². The van der Waals surface area contributed by atoms with Crippen molar-refractivity contribution in [2.45, 2.75) is 46.1 Å². The van der Waals surface area contributed by atoms with Gasteiger partial charge in [0.1, 0.15) is 0 Å². The van der Waals surface area contributed by atoms with Gasteiger partial charge in [-0.2, -0.15) is 4.68 Å². The van der Waals surface area contributed by atoms with Gasteiger partial charge in [-0.25, -0.2) is 0 Å². The molecule has 3 aromatic rings. The summed E-state index contributed by atoms with van der Waals surface area (Å²) in [5, 5.41) is 24.3. The summed E-state index contributed by atoms with van der Waals surface area (Å²) in [5.41, 5.74) is 3.97. The number of benzene rings is 2. The number of rotatable bonds is 5. The van der Waals surface area contributed by atoms with E-state index in [4.69, 9.17) is 0 Å². The maximum Gasteiger partial charge on any atom is 0.251 e. The highest BCUT2D eigenvalue weighted by molar-refractivity contribution is 5.96. The van der Waals surface area contributed by atoms with Crippen LogP contribution in [-0.2, 0) is 5.41 Å². The van der Waals surface area contributed by atoms with Crippen LogP contribution in [0.4, 0.5) is 0 Å². The number of carbonyl (C=O) groups is 1. The Bertz CT molecular complexity index is 1000. The van der Waals surface area contributed by atoms with E-state index >= 15 is 0 Å². The van der Waals surface area contributed by atoms with Crippen molar-refractivity contribution >= 4 is 5.91 Å². The highest BCUT2D eigenvalue weighted by Gasteiger charge is 2.24. The zero-order chi connectivity index (χ0) is 21.2. The lowest BCUT2D eigenvalue weighted by Gasteiger charge is -2.18. The molecule has 0 saturated carbocycles. The Kier molecular flexibility index (Phi) is 5.79. The van der Waals surface area contributed by atoms with Gasteiger partial charge < -0.3 is 10.4 Å². The first kappa shape index (κ1) is 20.7. The van der Waals surface area contributed by atoms with Gasteiger partial charge in [-0.1, -0.05) is 50.6 Å². The van der Waals surface area contributed by atoms with Crippen molar-refractivity contribution in [3.8, 4) is 16.8 Å². The molecule has 0 saturated heterocycles. The van der Waals surface area contributed by atoms with Gasteiger partial charge in [-0.3, -0.25) is 4.79 Å². The van der Waals surface area contributed by atoms with Crippen LogP contribution in [0, 0.1) is 6.92 Å². The number of nitrogens with zero attached hydrogens (tertiary/aromatic N) is 4. The van der Waals surface area contributed by atoms with E-state index in [1.54, 1.807) is 17.7 Å². The molecule has 2 N–H and O–H groups in total. The highest BCUT2D eigenvalue weighted by atomic mass is 16.3. The van der Waals surface area contributed by atoms with E-state index < -0.39 is 0 Å². The Morgan fingerprint density at radius 2 is 1.83 bits per heavy atom. The fraction of sp³-hybridized carbons (Fsp3) is 0.364. The SMILES string of the molecule is Cc1ccc(-c2cc(C(=O)N[C@@H](C)CO)cc(-n3nnnc3C(C)(C)C)c2)cc1. The molecule has 1 amide bonds. The number of aliphatic hydroxyl groups is 1. The standard InChI is InChI=1S/C22H27N5O2/c1-14-6-8-16(9-7-14)17-10-18(20(29)23-15(2)13-28)12-19(11-17)27-21(22(3,4)5)24-25-26-27/h6-12,15,28H,13H2,1-5H3,(H,23,29)/t15-/m0/s1. The summed E-state index contributed by atoms with van der Waals surface area (Å²) in [7, 11) is 0. The Morgan fingerprint density at radius 1 is 1.14 bits per heavy atom. The maximum atomic E-state index is 12.8. The summed E-state index contributed by atoms with van der Waals surface area (Å²) in [4.78, 5) is 12.8. The third-order valence-electron chi connectivity index (χ3n) is 4.60. The van der Waals surface area contributed by atoms with Crippen molar-refractivity contribution in [3.63, 3.8) is 0 Å². The number of aliphatic hydroxyl groups excluding tert-OH is 1. The second-order valence-electron chi connectivity index (χ2n) is 8.36. The minimum absolute atomic E-state index is 0.128. The van der Waals surface area contributed by atoms with E-state index in [2.05, 4.69) is 20.8 Å². The molecule has 0 bridgehead atoms. The van der Waals surface area contributed by atoms with Crippen molar-refractivity contribution in [1.29, 1.82) is 0 Å². The normalized spacial score (nSPS) is 12.6. The van der Waals surface area contributed by atoms with Crippen LogP contribution in [0.5, 0.6) is 0 Å². The fourth-order valence-electron chi connectivity index (χ4n) is 2.96. The van der Waals surface area contributed by atoms with Gasteiger partial charge in [0.25, 0.3) is 5.91 Å². The predicted octanol–water partition coefficient (Wildman–Crippen LogP) is 3.05. The number of hydrogen-bond acceptors (Lipinski definition) is 5. The average Bonchev–Trinajstić information content (AvgIpc) is 3.18. The van der Waals surface area contributed by atoms with Gasteiger partial charge in [0.15, 0.2) is 5.82 Å². The van der Waals surface area contributed by atoms with Crippen LogP contribution in [0.3, 0.4) is 0 Å². The maximum absolute atomic E-state index is 12.8. The Morgan fingerprint density at radius 3 is 2.45 bits per heavy atom. The Labute approximate surface area is 170 Å². The van der Waals surface area contributed by atoms with E-state index in [1.165, 1.54) is 0 Å². The summed E-state index contributed by atoms with van der Waals surface area (Å²) >= 11 is 0. The number of tetrazole rings is 1. The lowest BCUT2D eigenvalue weighted by atomic mass is 9.95. The number of nitrogens with one attached hydrogen (secondary N) is 1. The van der Waals surface area contributed by atoms with Gasteiger partial charge in [0.05, 0.1) is 12.3 Å². The summed E-state index contributed by atoms with van der Waals surface area (Å²) in [6.45, 7) is 9.77. The van der Waals surface area contributed by atoms with Crippen molar-refractivity contribution in [1.82, 2.24) is 25.5 Å². The molecule has 1 heterocycles. The molecule has 0 spiro atoms. The molecule has 0 aliphatic rings. The van der Waals surface area contributed by atoms with E-state index in [1.807, 2.05) is 64.1 Å². The number of hydrogen-bond donors (Lipinski definition) is 2. The smallest absolute Gasteiger partial charge is 0.251 e. The molecule has 3 rings (SSSR count). The fourth-order valence-corrected chi connectivity index (χ4v) is 2.96. The van der Waals surface area contributed by atoms with Crippen LogP contribution in [0.25, 0.3) is 16.8 Å². The first-order chi connectivity index (χ1) is 13.7. The third kappa shape index (κ3) is 4.68. The van der Waals surface area contributed by atoms with Crippen molar-refractivity contribution < 1.29 is 9.90 Å². The van der Waals surface area contributed by atoms with E-state index in [0.717, 1.165) is 16.7 Å². The number of aromatic nitrogens is 4. The molecule has 0 aliphatic heterocycles. The molecule has 0 fully saturated rings. The predicted molar refractivity (Wildman–Crippen MR) is 112 cm³/mol. The third-order valence-corrected chi connectivity index (χ3v) is 4.60. The van der Waals surface area contributed by atoms with Crippen molar-refractivity contribution in [2.75, 3.05) is 6.61 Å². The van der Waals surface area contributed by atoms with E-state index in [9.17, 15) is 9.90 Å². The minimum Gasteiger partial charge on any atom is -0.394 e. The van der Waals surface area contributed by atoms with Crippen molar-refractivity contribution in [3.05, 3.63) is 59.4 Å². The molecule has 1 aromatic heterocycles. The van der Waals surface area contributed by atoms with Crippen LogP contribution in [0.1, 0.15) is 49.4 Å². The van der Waals surface area contributed by atoms with Crippen LogP contribution in [0.15, 0.2) is 42.5 Å². The second-order valence-corrected chi connectivity index (χ2v) is 8.36. The molecule has 0 unspecified atom stereocenters. The van der Waals surface area contributed by atoms with Crippen LogP contribution in [0.2, 0.25) is 0 Å². The molecule has 0 radical (unpaired) electrons. The van der Waals surface area contributed by atoms with Gasteiger partial charge in [0, 0.05) is 17.0 Å². The highest BCUT2D eigenvalue weighted by Crippen LogP contribution is 2.27. The lowest BCUT2D eigenvalue weighted by molar-refractivity contribution is 0.0922.